The first-order chi connectivity index (χ1) is 14.3. The Bertz CT molecular complexity index is 955. The maximum atomic E-state index is 12.9. The van der Waals surface area contributed by atoms with E-state index in [0.29, 0.717) is 24.2 Å². The van der Waals surface area contributed by atoms with Gasteiger partial charge in [0.1, 0.15) is 5.69 Å². The van der Waals surface area contributed by atoms with E-state index < -0.39 is 0 Å². The van der Waals surface area contributed by atoms with Crippen molar-refractivity contribution in [2.75, 3.05) is 26.3 Å². The van der Waals surface area contributed by atoms with Gasteiger partial charge < -0.3 is 15.0 Å². The average molecular weight is 410 g/mol. The number of hydrogen-bond donors (Lipinski definition) is 2. The summed E-state index contributed by atoms with van der Waals surface area (Å²) in [5, 5.41) is 3.05. The number of hydrogen-bond acceptors (Lipinski definition) is 4. The lowest BCUT2D eigenvalue weighted by Crippen LogP contribution is -2.36. The van der Waals surface area contributed by atoms with Crippen LogP contribution in [0.15, 0.2) is 24.3 Å². The summed E-state index contributed by atoms with van der Waals surface area (Å²) in [4.78, 5) is 31.2. The van der Waals surface area contributed by atoms with Gasteiger partial charge in [-0.2, -0.15) is 0 Å². The number of morpholine rings is 1. The van der Waals surface area contributed by atoms with Crippen LogP contribution in [0, 0.1) is 12.3 Å². The Labute approximate surface area is 178 Å². The molecular weight excluding hydrogens is 378 g/mol. The monoisotopic (exact) mass is 409 g/mol. The summed E-state index contributed by atoms with van der Waals surface area (Å²) in [6.45, 7) is 10.8. The molecule has 1 aliphatic heterocycles. The molecule has 0 saturated carbocycles. The van der Waals surface area contributed by atoms with Gasteiger partial charge in [-0.3, -0.25) is 14.5 Å². The fourth-order valence-electron chi connectivity index (χ4n) is 4.61. The summed E-state index contributed by atoms with van der Waals surface area (Å²) in [6, 6.07) is 8.23. The van der Waals surface area contributed by atoms with Crippen LogP contribution in [0.3, 0.4) is 0 Å². The molecule has 1 saturated heterocycles. The first-order valence-electron chi connectivity index (χ1n) is 10.7. The molecule has 4 rings (SSSR count). The smallest absolute Gasteiger partial charge is 0.268 e. The van der Waals surface area contributed by atoms with Gasteiger partial charge in [0.2, 0.25) is 0 Å². The van der Waals surface area contributed by atoms with Gasteiger partial charge in [-0.1, -0.05) is 38.1 Å². The highest BCUT2D eigenvalue weighted by Crippen LogP contribution is 2.36. The minimum Gasteiger partial charge on any atom is -0.379 e. The van der Waals surface area contributed by atoms with Gasteiger partial charge in [-0.25, -0.2) is 0 Å². The van der Waals surface area contributed by atoms with E-state index in [9.17, 15) is 9.59 Å². The van der Waals surface area contributed by atoms with E-state index >= 15 is 0 Å². The number of benzene rings is 1. The number of nitrogens with zero attached hydrogens (tertiary/aromatic N) is 1. The Balaban J connectivity index is 1.47. The number of nitrogens with one attached hydrogen (secondary N) is 2. The quantitative estimate of drug-likeness (QED) is 0.795. The number of aromatic nitrogens is 1. The zero-order valence-corrected chi connectivity index (χ0v) is 18.1. The van der Waals surface area contributed by atoms with Crippen LogP contribution in [-0.2, 0) is 24.2 Å². The van der Waals surface area contributed by atoms with E-state index in [2.05, 4.69) is 41.2 Å². The molecule has 2 heterocycles. The molecule has 2 aliphatic rings. The van der Waals surface area contributed by atoms with Crippen LogP contribution in [0.1, 0.15) is 63.5 Å². The molecule has 1 fully saturated rings. The molecule has 0 unspecified atom stereocenters. The zero-order chi connectivity index (χ0) is 21.3. The van der Waals surface area contributed by atoms with Crippen molar-refractivity contribution in [1.29, 1.82) is 0 Å². The predicted octanol–water partition coefficient (Wildman–Crippen LogP) is 3.24. The standard InChI is InChI=1S/C24H31N3O3/c1-16-21-19(12-24(2,3)13-20(21)28)26-22(16)23(29)25-14-17-6-4-5-7-18(17)15-27-8-10-30-11-9-27/h4-7,26H,8-15H2,1-3H3,(H,25,29). The van der Waals surface area contributed by atoms with E-state index in [4.69, 9.17) is 4.74 Å². The van der Waals surface area contributed by atoms with E-state index in [1.54, 1.807) is 0 Å². The molecule has 0 spiro atoms. The summed E-state index contributed by atoms with van der Waals surface area (Å²) < 4.78 is 5.44. The third-order valence-corrected chi connectivity index (χ3v) is 6.18. The van der Waals surface area contributed by atoms with Gasteiger partial charge in [-0.15, -0.1) is 0 Å². The van der Waals surface area contributed by atoms with Gasteiger partial charge in [-0.05, 0) is 35.4 Å². The minimum absolute atomic E-state index is 0.0758. The Morgan fingerprint density at radius 1 is 1.17 bits per heavy atom. The first-order valence-corrected chi connectivity index (χ1v) is 10.7. The Hall–Kier alpha value is -2.44. The highest BCUT2D eigenvalue weighted by atomic mass is 16.5. The van der Waals surface area contributed by atoms with Crippen LogP contribution < -0.4 is 5.32 Å². The molecule has 6 heteroatoms. The average Bonchev–Trinajstić information content (AvgIpc) is 3.03. The molecule has 1 aromatic heterocycles. The number of fused-ring (bicyclic) bond motifs is 1. The lowest BCUT2D eigenvalue weighted by Gasteiger charge is -2.28. The number of amides is 1. The molecule has 0 bridgehead atoms. The van der Waals surface area contributed by atoms with Crippen LogP contribution in [0.2, 0.25) is 0 Å². The van der Waals surface area contributed by atoms with Crippen LogP contribution in [0.4, 0.5) is 0 Å². The number of aromatic amines is 1. The molecule has 2 N–H and O–H groups in total. The van der Waals surface area contributed by atoms with Crippen LogP contribution in [-0.4, -0.2) is 47.9 Å². The van der Waals surface area contributed by atoms with E-state index in [-0.39, 0.29) is 17.1 Å². The number of H-pyrrole nitrogens is 1. The number of Topliss-reactive ketones (excluding diaryl/α,β-unsaturated/α-hetero) is 1. The number of rotatable bonds is 5. The predicted molar refractivity (Wildman–Crippen MR) is 116 cm³/mol. The third-order valence-electron chi connectivity index (χ3n) is 6.18. The third kappa shape index (κ3) is 4.35. The largest absolute Gasteiger partial charge is 0.379 e. The van der Waals surface area contributed by atoms with E-state index in [1.807, 2.05) is 19.1 Å². The molecule has 1 aromatic carbocycles. The zero-order valence-electron chi connectivity index (χ0n) is 18.1. The fraction of sp³-hybridized carbons (Fsp3) is 0.500. The van der Waals surface area contributed by atoms with Gasteiger partial charge in [0.25, 0.3) is 5.91 Å². The second kappa shape index (κ2) is 8.36. The van der Waals surface area contributed by atoms with Crippen molar-refractivity contribution in [2.24, 2.45) is 5.41 Å². The van der Waals surface area contributed by atoms with Crippen molar-refractivity contribution in [2.45, 2.75) is 46.7 Å². The van der Waals surface area contributed by atoms with E-state index in [1.165, 1.54) is 5.56 Å². The Morgan fingerprint density at radius 2 is 1.87 bits per heavy atom. The number of ketones is 1. The summed E-state index contributed by atoms with van der Waals surface area (Å²) in [7, 11) is 0. The first kappa shape index (κ1) is 20.8. The van der Waals surface area contributed by atoms with Gasteiger partial charge in [0, 0.05) is 43.9 Å². The van der Waals surface area contributed by atoms with Crippen molar-refractivity contribution in [3.8, 4) is 0 Å². The molecule has 6 nitrogen and oxygen atoms in total. The normalized spacial score (nSPS) is 18.8. The van der Waals surface area contributed by atoms with Crippen molar-refractivity contribution in [1.82, 2.24) is 15.2 Å². The summed E-state index contributed by atoms with van der Waals surface area (Å²) >= 11 is 0. The van der Waals surface area contributed by atoms with Crippen molar-refractivity contribution in [3.05, 3.63) is 57.9 Å². The van der Waals surface area contributed by atoms with Gasteiger partial charge >= 0.3 is 0 Å². The minimum atomic E-state index is -0.159. The van der Waals surface area contributed by atoms with Crippen molar-refractivity contribution < 1.29 is 14.3 Å². The Kier molecular flexibility index (Phi) is 5.80. The maximum absolute atomic E-state index is 12.9. The molecule has 1 amide bonds. The highest BCUT2D eigenvalue weighted by Gasteiger charge is 2.35. The van der Waals surface area contributed by atoms with Crippen LogP contribution in [0.25, 0.3) is 0 Å². The highest BCUT2D eigenvalue weighted by molar-refractivity contribution is 6.04. The number of carbonyl (C=O) groups is 2. The SMILES string of the molecule is Cc1c(C(=O)NCc2ccccc2CN2CCOCC2)[nH]c2c1C(=O)CC(C)(C)C2. The summed E-state index contributed by atoms with van der Waals surface area (Å²) in [5.41, 5.74) is 5.15. The second-order valence-electron chi connectivity index (χ2n) is 9.26. The van der Waals surface area contributed by atoms with Gasteiger partial charge in [0.05, 0.1) is 13.2 Å². The van der Waals surface area contributed by atoms with Gasteiger partial charge in [0.15, 0.2) is 5.78 Å². The molecule has 160 valence electrons. The Morgan fingerprint density at radius 3 is 2.60 bits per heavy atom. The van der Waals surface area contributed by atoms with Crippen molar-refractivity contribution in [3.63, 3.8) is 0 Å². The lowest BCUT2D eigenvalue weighted by atomic mass is 9.75. The summed E-state index contributed by atoms with van der Waals surface area (Å²) in [5.74, 6) is -0.0291. The molecule has 30 heavy (non-hydrogen) atoms. The van der Waals surface area contributed by atoms with Crippen LogP contribution in [0.5, 0.6) is 0 Å². The topological polar surface area (TPSA) is 74.4 Å². The fourth-order valence-corrected chi connectivity index (χ4v) is 4.61. The van der Waals surface area contributed by atoms with Crippen molar-refractivity contribution >= 4 is 11.7 Å². The molecule has 0 atom stereocenters. The molecule has 0 radical (unpaired) electrons. The molecule has 1 aliphatic carbocycles. The lowest BCUT2D eigenvalue weighted by molar-refractivity contribution is 0.0340. The second-order valence-corrected chi connectivity index (χ2v) is 9.26. The van der Waals surface area contributed by atoms with E-state index in [0.717, 1.165) is 56.1 Å². The molecule has 2 aromatic rings. The number of ether oxygens (including phenoxy) is 1. The van der Waals surface area contributed by atoms with Crippen LogP contribution >= 0.6 is 0 Å². The maximum Gasteiger partial charge on any atom is 0.268 e. The molecular formula is C24H31N3O3. The number of carbonyl (C=O) groups excluding carboxylic acids is 2. The summed E-state index contributed by atoms with van der Waals surface area (Å²) in [6.07, 6.45) is 1.30.